The van der Waals surface area contributed by atoms with E-state index in [0.29, 0.717) is 17.7 Å². The Kier molecular flexibility index (Phi) is 10.5. The molecular formula is C33H38N4O4S. The highest BCUT2D eigenvalue weighted by atomic mass is 32.2. The molecule has 1 aliphatic heterocycles. The van der Waals surface area contributed by atoms with E-state index in [1.165, 1.54) is 6.26 Å². The second-order valence-electron chi connectivity index (χ2n) is 10.8. The summed E-state index contributed by atoms with van der Waals surface area (Å²) in [5.74, 6) is -0.118. The van der Waals surface area contributed by atoms with Gasteiger partial charge in [-0.25, -0.2) is 8.42 Å². The first kappa shape index (κ1) is 30.9. The van der Waals surface area contributed by atoms with Crippen molar-refractivity contribution in [3.63, 3.8) is 0 Å². The van der Waals surface area contributed by atoms with Gasteiger partial charge in [-0.15, -0.1) is 0 Å². The Morgan fingerprint density at radius 1 is 1.00 bits per heavy atom. The van der Waals surface area contributed by atoms with Crippen LogP contribution in [0.4, 0.5) is 0 Å². The van der Waals surface area contributed by atoms with Crippen LogP contribution in [0.5, 0.6) is 0 Å². The summed E-state index contributed by atoms with van der Waals surface area (Å²) in [5.41, 5.74) is 2.88. The van der Waals surface area contributed by atoms with Gasteiger partial charge in [-0.3, -0.25) is 9.59 Å². The standard InChI is InChI=1S/C33H38N4O4S/c1-3-37(32(38)23-25-11-15-30(16-12-25)42(2,40)41)29-17-20-36(21-18-29)22-19-31(27-7-5-4-6-8-27)35-33(39)28-13-9-26(24-34)10-14-28/h4-16,29,31H,3,17-23H2,1-2H3,(H,35,39)/t31-/m0/s1. The van der Waals surface area contributed by atoms with Gasteiger partial charge in [-0.2, -0.15) is 5.26 Å². The summed E-state index contributed by atoms with van der Waals surface area (Å²) in [7, 11) is -3.27. The minimum absolute atomic E-state index is 0.0534. The third kappa shape index (κ3) is 8.28. The van der Waals surface area contributed by atoms with Crippen LogP contribution in [0.3, 0.4) is 0 Å². The van der Waals surface area contributed by atoms with Crippen molar-refractivity contribution in [1.82, 2.24) is 15.1 Å². The Hall–Kier alpha value is -4.00. The summed E-state index contributed by atoms with van der Waals surface area (Å²) >= 11 is 0. The van der Waals surface area contributed by atoms with E-state index in [-0.39, 0.29) is 35.2 Å². The molecule has 220 valence electrons. The molecule has 42 heavy (non-hydrogen) atoms. The molecule has 0 radical (unpaired) electrons. The number of likely N-dealkylation sites (N-methyl/N-ethyl adjacent to an activating group) is 1. The zero-order valence-electron chi connectivity index (χ0n) is 24.2. The lowest BCUT2D eigenvalue weighted by Gasteiger charge is -2.38. The number of rotatable bonds is 11. The first-order chi connectivity index (χ1) is 20.2. The van der Waals surface area contributed by atoms with Crippen LogP contribution in [0.1, 0.15) is 59.3 Å². The molecule has 1 N–H and O–H groups in total. The van der Waals surface area contributed by atoms with Gasteiger partial charge in [-0.1, -0.05) is 42.5 Å². The zero-order chi connectivity index (χ0) is 30.1. The summed E-state index contributed by atoms with van der Waals surface area (Å²) in [6, 6.07) is 25.2. The Labute approximate surface area is 248 Å². The predicted molar refractivity (Wildman–Crippen MR) is 163 cm³/mol. The van der Waals surface area contributed by atoms with Gasteiger partial charge < -0.3 is 15.1 Å². The lowest BCUT2D eigenvalue weighted by atomic mass is 9.99. The highest BCUT2D eigenvalue weighted by molar-refractivity contribution is 7.90. The monoisotopic (exact) mass is 586 g/mol. The number of hydrogen-bond acceptors (Lipinski definition) is 6. The van der Waals surface area contributed by atoms with Gasteiger partial charge in [0, 0.05) is 44.0 Å². The Morgan fingerprint density at radius 2 is 1.64 bits per heavy atom. The number of carbonyl (C=O) groups excluding carboxylic acids is 2. The number of likely N-dealkylation sites (tertiary alicyclic amines) is 1. The van der Waals surface area contributed by atoms with E-state index in [9.17, 15) is 18.0 Å². The lowest BCUT2D eigenvalue weighted by molar-refractivity contribution is -0.133. The topological polar surface area (TPSA) is 111 Å². The van der Waals surface area contributed by atoms with E-state index in [4.69, 9.17) is 5.26 Å². The molecule has 0 saturated carbocycles. The molecule has 2 amide bonds. The molecule has 1 saturated heterocycles. The fourth-order valence-electron chi connectivity index (χ4n) is 5.48. The normalized spacial score (nSPS) is 15.0. The summed E-state index contributed by atoms with van der Waals surface area (Å²) in [4.78, 5) is 30.8. The van der Waals surface area contributed by atoms with Gasteiger partial charge in [0.15, 0.2) is 9.84 Å². The van der Waals surface area contributed by atoms with E-state index in [0.717, 1.165) is 50.0 Å². The Balaban J connectivity index is 1.31. The van der Waals surface area contributed by atoms with Crippen molar-refractivity contribution in [1.29, 1.82) is 5.26 Å². The molecule has 0 unspecified atom stereocenters. The van der Waals surface area contributed by atoms with Crippen molar-refractivity contribution in [3.05, 3.63) is 101 Å². The highest BCUT2D eigenvalue weighted by Gasteiger charge is 2.27. The molecule has 1 atom stereocenters. The van der Waals surface area contributed by atoms with Crippen LogP contribution in [0.15, 0.2) is 83.8 Å². The van der Waals surface area contributed by atoms with E-state index in [2.05, 4.69) is 16.3 Å². The number of hydrogen-bond donors (Lipinski definition) is 1. The molecule has 8 nitrogen and oxygen atoms in total. The molecule has 9 heteroatoms. The van der Waals surface area contributed by atoms with E-state index >= 15 is 0 Å². The minimum atomic E-state index is -3.27. The summed E-state index contributed by atoms with van der Waals surface area (Å²) in [5, 5.41) is 12.2. The van der Waals surface area contributed by atoms with Gasteiger partial charge in [0.1, 0.15) is 0 Å². The van der Waals surface area contributed by atoms with E-state index in [1.807, 2.05) is 42.2 Å². The second-order valence-corrected chi connectivity index (χ2v) is 12.8. The first-order valence-electron chi connectivity index (χ1n) is 14.3. The minimum Gasteiger partial charge on any atom is -0.345 e. The number of benzene rings is 3. The molecule has 0 bridgehead atoms. The average Bonchev–Trinajstić information content (AvgIpc) is 3.00. The van der Waals surface area contributed by atoms with Crippen molar-refractivity contribution in [2.75, 3.05) is 32.4 Å². The van der Waals surface area contributed by atoms with Crippen molar-refractivity contribution in [2.45, 2.75) is 49.6 Å². The summed E-state index contributed by atoms with van der Waals surface area (Å²) < 4.78 is 23.5. The molecule has 1 fully saturated rings. The molecule has 1 heterocycles. The molecular weight excluding hydrogens is 548 g/mol. The maximum absolute atomic E-state index is 13.2. The third-order valence-corrected chi connectivity index (χ3v) is 9.01. The number of nitrogens with zero attached hydrogens (tertiary/aromatic N) is 3. The lowest BCUT2D eigenvalue weighted by Crippen LogP contribution is -2.48. The van der Waals surface area contributed by atoms with E-state index < -0.39 is 9.84 Å². The fourth-order valence-corrected chi connectivity index (χ4v) is 6.11. The number of sulfone groups is 1. The molecule has 1 aliphatic rings. The van der Waals surface area contributed by atoms with Crippen LogP contribution in [-0.2, 0) is 21.1 Å². The molecule has 3 aromatic carbocycles. The van der Waals surface area contributed by atoms with Crippen molar-refractivity contribution < 1.29 is 18.0 Å². The van der Waals surface area contributed by atoms with Crippen molar-refractivity contribution in [2.24, 2.45) is 0 Å². The Morgan fingerprint density at radius 3 is 2.21 bits per heavy atom. The third-order valence-electron chi connectivity index (χ3n) is 7.88. The maximum Gasteiger partial charge on any atom is 0.251 e. The van der Waals surface area contributed by atoms with E-state index in [1.54, 1.807) is 48.5 Å². The molecule has 3 aromatic rings. The highest BCUT2D eigenvalue weighted by Crippen LogP contribution is 2.22. The van der Waals surface area contributed by atoms with Crippen LogP contribution >= 0.6 is 0 Å². The first-order valence-corrected chi connectivity index (χ1v) is 16.2. The van der Waals surface area contributed by atoms with Crippen LogP contribution < -0.4 is 5.32 Å². The molecule has 0 aromatic heterocycles. The van der Waals surface area contributed by atoms with Crippen molar-refractivity contribution in [3.8, 4) is 6.07 Å². The molecule has 4 rings (SSSR count). The van der Waals surface area contributed by atoms with Crippen molar-refractivity contribution >= 4 is 21.7 Å². The smallest absolute Gasteiger partial charge is 0.251 e. The van der Waals surface area contributed by atoms with Gasteiger partial charge in [0.25, 0.3) is 5.91 Å². The average molecular weight is 587 g/mol. The molecule has 0 spiro atoms. The fraction of sp³-hybridized carbons (Fsp3) is 0.364. The maximum atomic E-state index is 13.2. The number of piperidine rings is 1. The summed E-state index contributed by atoms with van der Waals surface area (Å²) in [6.07, 6.45) is 3.92. The number of nitriles is 1. The second kappa shape index (κ2) is 14.3. The molecule has 0 aliphatic carbocycles. The predicted octanol–water partition coefficient (Wildman–Crippen LogP) is 4.38. The SMILES string of the molecule is CCN(C(=O)Cc1ccc(S(C)(=O)=O)cc1)C1CCN(CC[C@H](NC(=O)c2ccc(C#N)cc2)c2ccccc2)CC1. The quantitative estimate of drug-likeness (QED) is 0.357. The van der Waals surface area contributed by atoms with Gasteiger partial charge in [0.2, 0.25) is 5.91 Å². The van der Waals surface area contributed by atoms with Gasteiger partial charge in [0.05, 0.1) is 29.0 Å². The largest absolute Gasteiger partial charge is 0.345 e. The van der Waals surface area contributed by atoms with Crippen LogP contribution in [0.25, 0.3) is 0 Å². The summed E-state index contributed by atoms with van der Waals surface area (Å²) in [6.45, 7) is 5.16. The van der Waals surface area contributed by atoms with Gasteiger partial charge in [-0.05, 0) is 73.7 Å². The van der Waals surface area contributed by atoms with Crippen LogP contribution in [0.2, 0.25) is 0 Å². The van der Waals surface area contributed by atoms with Crippen LogP contribution in [-0.4, -0.2) is 68.5 Å². The zero-order valence-corrected chi connectivity index (χ0v) is 25.0. The number of amides is 2. The number of nitrogens with one attached hydrogen (secondary N) is 1. The van der Waals surface area contributed by atoms with Crippen LogP contribution in [0, 0.1) is 11.3 Å². The Bertz CT molecular complexity index is 1490. The van der Waals surface area contributed by atoms with Gasteiger partial charge >= 0.3 is 0 Å². The number of carbonyl (C=O) groups is 2.